The minimum atomic E-state index is -4.05. The Hall–Kier alpha value is -3.08. The normalized spacial score (nSPS) is 15.1. The largest absolute Gasteiger partial charge is 0.497 e. The van der Waals surface area contributed by atoms with Crippen LogP contribution >= 0.6 is 0 Å². The summed E-state index contributed by atoms with van der Waals surface area (Å²) in [7, 11) is -4.65. The third kappa shape index (κ3) is 6.08. The molecule has 37 heavy (non-hydrogen) atoms. The molecule has 4 rings (SSSR count). The molecule has 0 radical (unpaired) electrons. The fourth-order valence-corrected chi connectivity index (χ4v) is 7.28. The van der Waals surface area contributed by atoms with E-state index in [4.69, 9.17) is 9.47 Å². The minimum Gasteiger partial charge on any atom is -0.497 e. The van der Waals surface area contributed by atoms with Crippen LogP contribution in [0.4, 0.5) is 5.69 Å². The Kier molecular flexibility index (Phi) is 8.41. The van der Waals surface area contributed by atoms with Crippen LogP contribution in [0.15, 0.2) is 82.6 Å². The van der Waals surface area contributed by atoms with Crippen LogP contribution < -0.4 is 13.8 Å². The summed E-state index contributed by atoms with van der Waals surface area (Å²) in [5.41, 5.74) is 1.18. The molecule has 0 unspecified atom stereocenters. The first-order chi connectivity index (χ1) is 17.8. The molecule has 1 aliphatic rings. The van der Waals surface area contributed by atoms with E-state index in [0.717, 1.165) is 31.2 Å². The van der Waals surface area contributed by atoms with Crippen molar-refractivity contribution in [3.05, 3.63) is 78.4 Å². The second-order valence-electron chi connectivity index (χ2n) is 8.85. The molecule has 1 saturated heterocycles. The van der Waals surface area contributed by atoms with E-state index in [2.05, 4.69) is 0 Å². The summed E-state index contributed by atoms with van der Waals surface area (Å²) < 4.78 is 67.4. The molecule has 0 saturated carbocycles. The van der Waals surface area contributed by atoms with Gasteiger partial charge in [-0.25, -0.2) is 16.8 Å². The highest BCUT2D eigenvalue weighted by Crippen LogP contribution is 2.30. The van der Waals surface area contributed by atoms with Gasteiger partial charge < -0.3 is 9.47 Å². The topological polar surface area (TPSA) is 93.2 Å². The van der Waals surface area contributed by atoms with Gasteiger partial charge in [0, 0.05) is 19.2 Å². The predicted octanol–water partition coefficient (Wildman–Crippen LogP) is 4.66. The molecule has 0 N–H and O–H groups in total. The lowest BCUT2D eigenvalue weighted by Crippen LogP contribution is -2.32. The molecule has 1 heterocycles. The average Bonchev–Trinajstić information content (AvgIpc) is 3.22. The van der Waals surface area contributed by atoms with Gasteiger partial charge in [-0.3, -0.25) is 4.31 Å². The van der Waals surface area contributed by atoms with E-state index < -0.39 is 20.0 Å². The summed E-state index contributed by atoms with van der Waals surface area (Å²) in [6, 6.07) is 19.4. The highest BCUT2D eigenvalue weighted by molar-refractivity contribution is 7.92. The number of anilines is 1. The summed E-state index contributed by atoms with van der Waals surface area (Å²) in [5, 5.41) is 0. The van der Waals surface area contributed by atoms with Gasteiger partial charge in [-0.15, -0.1) is 0 Å². The Morgan fingerprint density at radius 3 is 1.92 bits per heavy atom. The van der Waals surface area contributed by atoms with Crippen LogP contribution in [-0.4, -0.2) is 48.4 Å². The molecule has 0 amide bonds. The Morgan fingerprint density at radius 2 is 1.32 bits per heavy atom. The zero-order valence-corrected chi connectivity index (χ0v) is 22.7. The Labute approximate surface area is 219 Å². The highest BCUT2D eigenvalue weighted by Gasteiger charge is 2.29. The second-order valence-corrected chi connectivity index (χ2v) is 12.7. The molecule has 3 aromatic rings. The molecule has 8 nitrogen and oxygen atoms in total. The summed E-state index contributed by atoms with van der Waals surface area (Å²) in [6.07, 6.45) is 3.67. The number of hydrogen-bond donors (Lipinski definition) is 0. The summed E-state index contributed by atoms with van der Waals surface area (Å²) in [4.78, 5) is 0.0927. The maximum absolute atomic E-state index is 13.9. The van der Waals surface area contributed by atoms with Crippen molar-refractivity contribution >= 4 is 25.7 Å². The van der Waals surface area contributed by atoms with E-state index >= 15 is 0 Å². The van der Waals surface area contributed by atoms with Crippen LogP contribution in [0.1, 0.15) is 31.2 Å². The van der Waals surface area contributed by atoms with E-state index in [1.165, 1.54) is 40.0 Å². The number of ether oxygens (including phenoxy) is 2. The predicted molar refractivity (Wildman–Crippen MR) is 143 cm³/mol. The van der Waals surface area contributed by atoms with Gasteiger partial charge in [0.1, 0.15) is 11.5 Å². The SMILES string of the molecule is COc1ccc(CN(c2cccc(OC)c2)S(=O)(=O)c2ccc(S(=O)(=O)N3CCCCCC3)cc2)cc1. The van der Waals surface area contributed by atoms with Crippen molar-refractivity contribution < 1.29 is 26.3 Å². The lowest BCUT2D eigenvalue weighted by Gasteiger charge is -2.25. The van der Waals surface area contributed by atoms with Gasteiger partial charge in [0.25, 0.3) is 10.0 Å². The van der Waals surface area contributed by atoms with E-state index in [1.54, 1.807) is 55.6 Å². The van der Waals surface area contributed by atoms with Crippen molar-refractivity contribution in [1.29, 1.82) is 0 Å². The number of nitrogens with zero attached hydrogens (tertiary/aromatic N) is 2. The molecule has 0 aromatic heterocycles. The Balaban J connectivity index is 1.68. The van der Waals surface area contributed by atoms with Crippen molar-refractivity contribution in [1.82, 2.24) is 4.31 Å². The Morgan fingerprint density at radius 1 is 0.730 bits per heavy atom. The van der Waals surface area contributed by atoms with Crippen LogP contribution in [-0.2, 0) is 26.6 Å². The van der Waals surface area contributed by atoms with Crippen molar-refractivity contribution in [3.8, 4) is 11.5 Å². The van der Waals surface area contributed by atoms with Crippen molar-refractivity contribution in [2.75, 3.05) is 31.6 Å². The minimum absolute atomic E-state index is 0.00125. The van der Waals surface area contributed by atoms with Crippen LogP contribution in [0.3, 0.4) is 0 Å². The number of rotatable bonds is 9. The van der Waals surface area contributed by atoms with Crippen molar-refractivity contribution in [2.24, 2.45) is 0 Å². The van der Waals surface area contributed by atoms with Gasteiger partial charge >= 0.3 is 0 Å². The summed E-state index contributed by atoms with van der Waals surface area (Å²) in [5.74, 6) is 1.19. The number of hydrogen-bond acceptors (Lipinski definition) is 6. The molecule has 1 aliphatic heterocycles. The van der Waals surface area contributed by atoms with E-state index in [9.17, 15) is 16.8 Å². The van der Waals surface area contributed by atoms with Gasteiger partial charge in [-0.05, 0) is 66.9 Å². The van der Waals surface area contributed by atoms with Crippen molar-refractivity contribution in [3.63, 3.8) is 0 Å². The van der Waals surface area contributed by atoms with Gasteiger partial charge in [0.05, 0.1) is 36.2 Å². The molecule has 1 fully saturated rings. The molecule has 0 spiro atoms. The van der Waals surface area contributed by atoms with E-state index in [-0.39, 0.29) is 16.3 Å². The maximum atomic E-state index is 13.9. The molecule has 0 bridgehead atoms. The van der Waals surface area contributed by atoms with Crippen molar-refractivity contribution in [2.45, 2.75) is 42.0 Å². The molecular formula is C27H32N2O6S2. The average molecular weight is 545 g/mol. The first kappa shape index (κ1) is 27.0. The molecular weight excluding hydrogens is 512 g/mol. The highest BCUT2D eigenvalue weighted by atomic mass is 32.2. The third-order valence-electron chi connectivity index (χ3n) is 6.44. The van der Waals surface area contributed by atoms with Crippen LogP contribution in [0, 0.1) is 0 Å². The van der Waals surface area contributed by atoms with Crippen LogP contribution in [0.5, 0.6) is 11.5 Å². The number of benzene rings is 3. The molecule has 0 atom stereocenters. The quantitative estimate of drug-likeness (QED) is 0.389. The van der Waals surface area contributed by atoms with E-state index in [0.29, 0.717) is 30.3 Å². The van der Waals surface area contributed by atoms with Gasteiger partial charge in [0.2, 0.25) is 10.0 Å². The monoisotopic (exact) mass is 544 g/mol. The van der Waals surface area contributed by atoms with Crippen LogP contribution in [0.2, 0.25) is 0 Å². The van der Waals surface area contributed by atoms with Crippen LogP contribution in [0.25, 0.3) is 0 Å². The number of sulfonamides is 2. The molecule has 10 heteroatoms. The summed E-state index contributed by atoms with van der Waals surface area (Å²) in [6.45, 7) is 1.02. The zero-order chi connectivity index (χ0) is 26.5. The molecule has 198 valence electrons. The smallest absolute Gasteiger partial charge is 0.264 e. The summed E-state index contributed by atoms with van der Waals surface area (Å²) >= 11 is 0. The standard InChI is InChI=1S/C27H32N2O6S2/c1-34-24-12-10-22(11-13-24)21-29(23-8-7-9-25(20-23)35-2)37(32,33)27-16-14-26(15-17-27)36(30,31)28-18-5-3-4-6-19-28/h7-17,20H,3-6,18-19,21H2,1-2H3. The maximum Gasteiger partial charge on any atom is 0.264 e. The zero-order valence-electron chi connectivity index (χ0n) is 21.0. The fraction of sp³-hybridized carbons (Fsp3) is 0.333. The first-order valence-corrected chi connectivity index (χ1v) is 15.0. The van der Waals surface area contributed by atoms with Gasteiger partial charge in [0.15, 0.2) is 0 Å². The second kappa shape index (κ2) is 11.5. The lowest BCUT2D eigenvalue weighted by molar-refractivity contribution is 0.414. The van der Waals surface area contributed by atoms with Gasteiger partial charge in [-0.1, -0.05) is 31.0 Å². The lowest BCUT2D eigenvalue weighted by atomic mass is 10.2. The first-order valence-electron chi connectivity index (χ1n) is 12.2. The molecule has 0 aliphatic carbocycles. The number of methoxy groups -OCH3 is 2. The molecule has 3 aromatic carbocycles. The fourth-order valence-electron chi connectivity index (χ4n) is 4.32. The third-order valence-corrected chi connectivity index (χ3v) is 10.1. The van der Waals surface area contributed by atoms with E-state index in [1.807, 2.05) is 0 Å². The Bertz CT molecular complexity index is 1400. The van der Waals surface area contributed by atoms with Gasteiger partial charge in [-0.2, -0.15) is 4.31 Å².